The van der Waals surface area contributed by atoms with Crippen LogP contribution in [-0.4, -0.2) is 12.0 Å². The topological polar surface area (TPSA) is 24.9 Å². The second-order valence-electron chi connectivity index (χ2n) is 4.46. The molecule has 0 radical (unpaired) electrons. The van der Waals surface area contributed by atoms with Gasteiger partial charge in [0.25, 0.3) is 0 Å². The number of hydrogen-bond acceptors (Lipinski definition) is 3. The van der Waals surface area contributed by atoms with Crippen molar-refractivity contribution in [2.75, 3.05) is 7.05 Å². The van der Waals surface area contributed by atoms with Gasteiger partial charge in [-0.15, -0.1) is 11.3 Å². The molecule has 0 saturated carbocycles. The molecule has 0 aliphatic carbocycles. The zero-order valence-corrected chi connectivity index (χ0v) is 13.5. The fraction of sp³-hybridized carbons (Fsp3) is 0.357. The highest BCUT2D eigenvalue weighted by atomic mass is 35.5. The van der Waals surface area contributed by atoms with Crippen molar-refractivity contribution in [2.24, 2.45) is 0 Å². The van der Waals surface area contributed by atoms with Crippen LogP contribution in [0.4, 0.5) is 0 Å². The number of likely N-dealkylation sites (N-methyl/N-ethyl adjacent to an activating group) is 1. The van der Waals surface area contributed by atoms with E-state index in [1.807, 2.05) is 26.1 Å². The summed E-state index contributed by atoms with van der Waals surface area (Å²) in [5.74, 6) is 0. The van der Waals surface area contributed by atoms with Crippen molar-refractivity contribution in [1.82, 2.24) is 10.3 Å². The maximum atomic E-state index is 6.26. The van der Waals surface area contributed by atoms with E-state index in [0.29, 0.717) is 5.02 Å². The number of benzene rings is 1. The molecule has 1 N–H and O–H groups in total. The highest BCUT2D eigenvalue weighted by Crippen LogP contribution is 2.29. The molecule has 19 heavy (non-hydrogen) atoms. The molecule has 1 aromatic carbocycles. The third kappa shape index (κ3) is 3.48. The maximum absolute atomic E-state index is 6.26. The lowest BCUT2D eigenvalue weighted by Gasteiger charge is -2.17. The summed E-state index contributed by atoms with van der Waals surface area (Å²) >= 11 is 14.0. The van der Waals surface area contributed by atoms with Gasteiger partial charge in [-0.1, -0.05) is 23.2 Å². The Hall–Kier alpha value is -0.610. The number of rotatable bonds is 4. The van der Waals surface area contributed by atoms with Crippen LogP contribution in [0, 0.1) is 13.8 Å². The number of thiazole rings is 1. The Balaban J connectivity index is 2.27. The molecule has 0 saturated heterocycles. The first-order valence-corrected chi connectivity index (χ1v) is 7.63. The van der Waals surface area contributed by atoms with Crippen molar-refractivity contribution in [2.45, 2.75) is 26.3 Å². The molecule has 0 fully saturated rings. The van der Waals surface area contributed by atoms with E-state index in [1.165, 1.54) is 4.88 Å². The fourth-order valence-corrected chi connectivity index (χ4v) is 3.36. The summed E-state index contributed by atoms with van der Waals surface area (Å²) in [5.41, 5.74) is 2.12. The average Bonchev–Trinajstić information content (AvgIpc) is 2.69. The van der Waals surface area contributed by atoms with E-state index in [2.05, 4.69) is 17.2 Å². The standard InChI is InChI=1S/C14H16Cl2N2S/c1-8-9(2)19-14(18-8)7-13(17-3)11-6-10(15)4-5-12(11)16/h4-6,13,17H,7H2,1-3H3. The smallest absolute Gasteiger partial charge is 0.0949 e. The number of nitrogens with one attached hydrogen (secondary N) is 1. The third-order valence-corrected chi connectivity index (χ3v) is 4.81. The van der Waals surface area contributed by atoms with Crippen LogP contribution in [0.25, 0.3) is 0 Å². The zero-order valence-electron chi connectivity index (χ0n) is 11.1. The normalized spacial score (nSPS) is 12.7. The summed E-state index contributed by atoms with van der Waals surface area (Å²) in [6.07, 6.45) is 0.815. The minimum atomic E-state index is 0.121. The van der Waals surface area contributed by atoms with E-state index in [-0.39, 0.29) is 6.04 Å². The first-order valence-electron chi connectivity index (χ1n) is 6.06. The van der Waals surface area contributed by atoms with E-state index < -0.39 is 0 Å². The van der Waals surface area contributed by atoms with Crippen LogP contribution in [-0.2, 0) is 6.42 Å². The van der Waals surface area contributed by atoms with E-state index in [9.17, 15) is 0 Å². The molecule has 5 heteroatoms. The Bertz CT molecular complexity index is 561. The van der Waals surface area contributed by atoms with Crippen LogP contribution in [0.3, 0.4) is 0 Å². The van der Waals surface area contributed by atoms with Crippen molar-refractivity contribution in [1.29, 1.82) is 0 Å². The Morgan fingerprint density at radius 2 is 2.05 bits per heavy atom. The number of aryl methyl sites for hydroxylation is 2. The van der Waals surface area contributed by atoms with Gasteiger partial charge in [-0.2, -0.15) is 0 Å². The minimum absolute atomic E-state index is 0.121. The van der Waals surface area contributed by atoms with Crippen molar-refractivity contribution in [3.8, 4) is 0 Å². The molecule has 2 aromatic rings. The lowest BCUT2D eigenvalue weighted by atomic mass is 10.0. The van der Waals surface area contributed by atoms with Crippen molar-refractivity contribution >= 4 is 34.5 Å². The van der Waals surface area contributed by atoms with Crippen LogP contribution >= 0.6 is 34.5 Å². The van der Waals surface area contributed by atoms with Crippen LogP contribution in [0.5, 0.6) is 0 Å². The lowest BCUT2D eigenvalue weighted by molar-refractivity contribution is 0.590. The molecule has 2 rings (SSSR count). The minimum Gasteiger partial charge on any atom is -0.313 e. The lowest BCUT2D eigenvalue weighted by Crippen LogP contribution is -2.19. The fourth-order valence-electron chi connectivity index (χ4n) is 1.95. The number of nitrogens with zero attached hydrogens (tertiary/aromatic N) is 1. The highest BCUT2D eigenvalue weighted by Gasteiger charge is 2.16. The molecule has 1 aromatic heterocycles. The molecule has 0 spiro atoms. The first kappa shape index (κ1) is 14.8. The van der Waals surface area contributed by atoms with Gasteiger partial charge in [-0.25, -0.2) is 4.98 Å². The summed E-state index contributed by atoms with van der Waals surface area (Å²) in [4.78, 5) is 5.84. The predicted octanol–water partition coefficient (Wildman–Crippen LogP) is 4.57. The van der Waals surface area contributed by atoms with Gasteiger partial charge < -0.3 is 5.32 Å². The Morgan fingerprint density at radius 3 is 2.63 bits per heavy atom. The van der Waals surface area contributed by atoms with E-state index in [0.717, 1.165) is 27.7 Å². The van der Waals surface area contributed by atoms with Gasteiger partial charge in [0.1, 0.15) is 0 Å². The molecule has 1 heterocycles. The molecular weight excluding hydrogens is 299 g/mol. The van der Waals surface area contributed by atoms with Gasteiger partial charge in [-0.05, 0) is 44.7 Å². The van der Waals surface area contributed by atoms with Crippen LogP contribution in [0.1, 0.15) is 27.2 Å². The number of aromatic nitrogens is 1. The Labute approximate surface area is 127 Å². The molecule has 1 atom stereocenters. The summed E-state index contributed by atoms with van der Waals surface area (Å²) < 4.78 is 0. The van der Waals surface area contributed by atoms with Gasteiger partial charge in [0, 0.05) is 27.4 Å². The molecular formula is C14H16Cl2N2S. The predicted molar refractivity (Wildman–Crippen MR) is 83.6 cm³/mol. The third-order valence-electron chi connectivity index (χ3n) is 3.13. The van der Waals surface area contributed by atoms with E-state index >= 15 is 0 Å². The van der Waals surface area contributed by atoms with Gasteiger partial charge in [0.2, 0.25) is 0 Å². The van der Waals surface area contributed by atoms with Crippen LogP contribution < -0.4 is 5.32 Å². The number of halogens is 2. The summed E-state index contributed by atoms with van der Waals surface area (Å²) in [6, 6.07) is 5.68. The van der Waals surface area contributed by atoms with Gasteiger partial charge in [0.15, 0.2) is 0 Å². The molecule has 102 valence electrons. The Kier molecular flexibility index (Phi) is 4.85. The largest absolute Gasteiger partial charge is 0.313 e. The van der Waals surface area contributed by atoms with Gasteiger partial charge >= 0.3 is 0 Å². The maximum Gasteiger partial charge on any atom is 0.0949 e. The van der Waals surface area contributed by atoms with Crippen LogP contribution in [0.15, 0.2) is 18.2 Å². The summed E-state index contributed by atoms with van der Waals surface area (Å²) in [7, 11) is 1.93. The molecule has 2 nitrogen and oxygen atoms in total. The van der Waals surface area contributed by atoms with Crippen LogP contribution in [0.2, 0.25) is 10.0 Å². The first-order chi connectivity index (χ1) is 9.01. The molecule has 1 unspecified atom stereocenters. The Morgan fingerprint density at radius 1 is 1.32 bits per heavy atom. The molecule has 0 amide bonds. The van der Waals surface area contributed by atoms with Crippen molar-refractivity contribution < 1.29 is 0 Å². The van der Waals surface area contributed by atoms with Crippen molar-refractivity contribution in [3.05, 3.63) is 49.4 Å². The van der Waals surface area contributed by atoms with Gasteiger partial charge in [-0.3, -0.25) is 0 Å². The zero-order chi connectivity index (χ0) is 14.0. The monoisotopic (exact) mass is 314 g/mol. The van der Waals surface area contributed by atoms with Crippen molar-refractivity contribution in [3.63, 3.8) is 0 Å². The van der Waals surface area contributed by atoms with E-state index in [1.54, 1.807) is 17.4 Å². The molecule has 0 bridgehead atoms. The quantitative estimate of drug-likeness (QED) is 0.894. The van der Waals surface area contributed by atoms with Gasteiger partial charge in [0.05, 0.1) is 10.7 Å². The highest BCUT2D eigenvalue weighted by molar-refractivity contribution is 7.11. The average molecular weight is 315 g/mol. The van der Waals surface area contributed by atoms with E-state index in [4.69, 9.17) is 23.2 Å². The second-order valence-corrected chi connectivity index (χ2v) is 6.59. The second kappa shape index (κ2) is 6.23. The molecule has 0 aliphatic rings. The molecule has 0 aliphatic heterocycles. The summed E-state index contributed by atoms with van der Waals surface area (Å²) in [5, 5.41) is 5.83. The number of hydrogen-bond donors (Lipinski definition) is 1. The summed E-state index contributed by atoms with van der Waals surface area (Å²) in [6.45, 7) is 4.13. The SMILES string of the molecule is CNC(Cc1nc(C)c(C)s1)c1cc(Cl)ccc1Cl.